The summed E-state index contributed by atoms with van der Waals surface area (Å²) in [6.07, 6.45) is 4.04. The molecule has 5 heteroatoms. The van der Waals surface area contributed by atoms with Gasteiger partial charge in [0.2, 0.25) is 0 Å². The first-order valence-corrected chi connectivity index (χ1v) is 6.57. The van der Waals surface area contributed by atoms with Crippen LogP contribution in [0.4, 0.5) is 4.79 Å². The molecule has 0 N–H and O–H groups in total. The summed E-state index contributed by atoms with van der Waals surface area (Å²) in [6.45, 7) is 4.68. The van der Waals surface area contributed by atoms with Crippen molar-refractivity contribution >= 4 is 6.16 Å². The molecular formula is C13H19NO4. The second-order valence-corrected chi connectivity index (χ2v) is 5.53. The lowest BCUT2D eigenvalue weighted by molar-refractivity contribution is -0.232. The Morgan fingerprint density at radius 2 is 2.39 bits per heavy atom. The van der Waals surface area contributed by atoms with Crippen molar-refractivity contribution in [3.8, 4) is 0 Å². The van der Waals surface area contributed by atoms with Gasteiger partial charge in [-0.25, -0.2) is 4.79 Å². The van der Waals surface area contributed by atoms with Crippen LogP contribution in [-0.4, -0.2) is 36.7 Å². The number of carbonyl (C=O) groups is 1. The molecule has 5 nitrogen and oxygen atoms in total. The van der Waals surface area contributed by atoms with Gasteiger partial charge in [0, 0.05) is 12.5 Å². The van der Waals surface area contributed by atoms with Gasteiger partial charge in [-0.3, -0.25) is 0 Å². The molecule has 1 saturated carbocycles. The monoisotopic (exact) mass is 253 g/mol. The van der Waals surface area contributed by atoms with Crippen LogP contribution in [-0.2, 0) is 14.3 Å². The smallest absolute Gasteiger partial charge is 0.430 e. The van der Waals surface area contributed by atoms with Gasteiger partial charge in [0.15, 0.2) is 0 Å². The fraction of sp³-hybridized carbons (Fsp3) is 0.769. The van der Waals surface area contributed by atoms with Crippen molar-refractivity contribution in [2.75, 3.05) is 13.3 Å². The molecule has 2 fully saturated rings. The zero-order chi connectivity index (χ0) is 12.7. The Morgan fingerprint density at radius 3 is 3.17 bits per heavy atom. The number of ether oxygens (including phenoxy) is 2. The third-order valence-corrected chi connectivity index (χ3v) is 3.89. The van der Waals surface area contributed by atoms with E-state index >= 15 is 0 Å². The first-order chi connectivity index (χ1) is 8.63. The van der Waals surface area contributed by atoms with E-state index in [1.54, 1.807) is 18.9 Å². The number of carbonyl (C=O) groups excluding carboxylic acids is 1. The van der Waals surface area contributed by atoms with E-state index in [0.717, 1.165) is 19.4 Å². The Morgan fingerprint density at radius 1 is 1.56 bits per heavy atom. The van der Waals surface area contributed by atoms with Gasteiger partial charge in [-0.05, 0) is 38.2 Å². The third-order valence-electron chi connectivity index (χ3n) is 3.89. The van der Waals surface area contributed by atoms with Crippen LogP contribution in [0, 0.1) is 11.8 Å². The molecule has 2 bridgehead atoms. The predicted octanol–water partition coefficient (Wildman–Crippen LogP) is 2.09. The highest BCUT2D eigenvalue weighted by molar-refractivity contribution is 5.59. The van der Waals surface area contributed by atoms with Crippen LogP contribution in [0.15, 0.2) is 11.6 Å². The summed E-state index contributed by atoms with van der Waals surface area (Å²) in [4.78, 5) is 16.6. The Bertz CT molecular complexity index is 379. The molecule has 3 unspecified atom stereocenters. The first kappa shape index (κ1) is 12.0. The molecule has 3 rings (SSSR count). The normalized spacial score (nSPS) is 34.4. The average Bonchev–Trinajstić information content (AvgIpc) is 2.88. The maximum atomic E-state index is 11.4. The minimum atomic E-state index is -0.644. The highest BCUT2D eigenvalue weighted by Crippen LogP contribution is 2.47. The van der Waals surface area contributed by atoms with Crippen LogP contribution < -0.4 is 0 Å². The number of rotatable bonds is 2. The van der Waals surface area contributed by atoms with Gasteiger partial charge in [0.25, 0.3) is 0 Å². The Labute approximate surface area is 107 Å². The van der Waals surface area contributed by atoms with Crippen LogP contribution in [0.3, 0.4) is 0 Å². The van der Waals surface area contributed by atoms with Crippen molar-refractivity contribution < 1.29 is 19.1 Å². The predicted molar refractivity (Wildman–Crippen MR) is 63.4 cm³/mol. The summed E-state index contributed by atoms with van der Waals surface area (Å²) in [7, 11) is 0. The fourth-order valence-corrected chi connectivity index (χ4v) is 3.16. The van der Waals surface area contributed by atoms with Gasteiger partial charge in [-0.1, -0.05) is 6.08 Å². The molecule has 2 aliphatic carbocycles. The summed E-state index contributed by atoms with van der Waals surface area (Å²) in [5.41, 5.74) is 1.44. The lowest BCUT2D eigenvalue weighted by atomic mass is 9.89. The molecule has 1 saturated heterocycles. The topological polar surface area (TPSA) is 48.0 Å². The molecule has 1 aliphatic heterocycles. The Hall–Kier alpha value is -1.07. The average molecular weight is 253 g/mol. The van der Waals surface area contributed by atoms with Gasteiger partial charge < -0.3 is 14.3 Å². The molecular weight excluding hydrogens is 234 g/mol. The quantitative estimate of drug-likeness (QED) is 0.557. The number of hydrogen-bond donors (Lipinski definition) is 0. The highest BCUT2D eigenvalue weighted by atomic mass is 16.8. The van der Waals surface area contributed by atoms with Crippen molar-refractivity contribution in [1.29, 1.82) is 0 Å². The van der Waals surface area contributed by atoms with E-state index < -0.39 is 6.16 Å². The second kappa shape index (κ2) is 4.55. The molecule has 0 radical (unpaired) electrons. The third kappa shape index (κ3) is 2.12. The van der Waals surface area contributed by atoms with E-state index in [1.165, 1.54) is 5.57 Å². The van der Waals surface area contributed by atoms with E-state index in [1.807, 2.05) is 0 Å². The summed E-state index contributed by atoms with van der Waals surface area (Å²) >= 11 is 0. The maximum Gasteiger partial charge on any atom is 0.528 e. The lowest BCUT2D eigenvalue weighted by Crippen LogP contribution is -2.46. The standard InChI is InChI=1S/C13H19NO4/c1-8(2)17-13(15)18-14-6-11-9-3-4-10(5-9)12(11)16-7-14/h4,8-9,11-12H,3,5-7H2,1-2H3. The summed E-state index contributed by atoms with van der Waals surface area (Å²) in [6, 6.07) is 0. The van der Waals surface area contributed by atoms with Gasteiger partial charge in [-0.2, -0.15) is 0 Å². The molecule has 3 atom stereocenters. The summed E-state index contributed by atoms with van der Waals surface area (Å²) in [5.74, 6) is 1.13. The van der Waals surface area contributed by atoms with Gasteiger partial charge >= 0.3 is 6.16 Å². The van der Waals surface area contributed by atoms with Crippen LogP contribution in [0.2, 0.25) is 0 Å². The second-order valence-electron chi connectivity index (χ2n) is 5.53. The van der Waals surface area contributed by atoms with E-state index in [0.29, 0.717) is 18.6 Å². The number of hydroxylamine groups is 2. The van der Waals surface area contributed by atoms with E-state index in [-0.39, 0.29) is 12.2 Å². The SMILES string of the molecule is CC(C)OC(=O)ON1COC2C3=CCC(C3)C2C1. The van der Waals surface area contributed by atoms with Crippen LogP contribution >= 0.6 is 0 Å². The van der Waals surface area contributed by atoms with Crippen molar-refractivity contribution in [2.24, 2.45) is 11.8 Å². The summed E-state index contributed by atoms with van der Waals surface area (Å²) < 4.78 is 10.7. The van der Waals surface area contributed by atoms with Crippen molar-refractivity contribution in [1.82, 2.24) is 5.06 Å². The molecule has 18 heavy (non-hydrogen) atoms. The fourth-order valence-electron chi connectivity index (χ4n) is 3.16. The number of hydrogen-bond acceptors (Lipinski definition) is 5. The minimum Gasteiger partial charge on any atom is -0.430 e. The number of allylic oxidation sites excluding steroid dienone is 1. The largest absolute Gasteiger partial charge is 0.528 e. The number of nitrogens with zero attached hydrogens (tertiary/aromatic N) is 1. The molecule has 100 valence electrons. The zero-order valence-corrected chi connectivity index (χ0v) is 10.8. The van der Waals surface area contributed by atoms with Gasteiger partial charge in [0.05, 0.1) is 12.2 Å². The minimum absolute atomic E-state index is 0.163. The molecule has 0 aromatic rings. The van der Waals surface area contributed by atoms with Crippen LogP contribution in [0.25, 0.3) is 0 Å². The highest BCUT2D eigenvalue weighted by Gasteiger charge is 2.47. The van der Waals surface area contributed by atoms with Crippen molar-refractivity contribution in [3.05, 3.63) is 11.6 Å². The van der Waals surface area contributed by atoms with Crippen molar-refractivity contribution in [2.45, 2.75) is 38.9 Å². The summed E-state index contributed by atoms with van der Waals surface area (Å²) in [5, 5.41) is 1.58. The molecule has 0 aromatic heterocycles. The van der Waals surface area contributed by atoms with E-state index in [4.69, 9.17) is 14.3 Å². The van der Waals surface area contributed by atoms with Gasteiger partial charge in [0.1, 0.15) is 6.73 Å². The Kier molecular flexibility index (Phi) is 3.03. The molecule has 1 heterocycles. The maximum absolute atomic E-state index is 11.4. The van der Waals surface area contributed by atoms with Gasteiger partial charge in [-0.15, -0.1) is 5.06 Å². The van der Waals surface area contributed by atoms with E-state index in [9.17, 15) is 4.79 Å². The molecule has 0 amide bonds. The molecule has 3 aliphatic rings. The Balaban J connectivity index is 1.55. The zero-order valence-electron chi connectivity index (χ0n) is 10.8. The van der Waals surface area contributed by atoms with Crippen LogP contribution in [0.5, 0.6) is 0 Å². The molecule has 0 spiro atoms. The number of fused-ring (bicyclic) bond motifs is 5. The van der Waals surface area contributed by atoms with E-state index in [2.05, 4.69) is 6.08 Å². The lowest BCUT2D eigenvalue weighted by Gasteiger charge is -2.37. The molecule has 0 aromatic carbocycles. The first-order valence-electron chi connectivity index (χ1n) is 6.57. The van der Waals surface area contributed by atoms with Crippen molar-refractivity contribution in [3.63, 3.8) is 0 Å². The van der Waals surface area contributed by atoms with Crippen LogP contribution in [0.1, 0.15) is 26.7 Å².